The van der Waals surface area contributed by atoms with Gasteiger partial charge >= 0.3 is 0 Å². The summed E-state index contributed by atoms with van der Waals surface area (Å²) in [7, 11) is 0. The third kappa shape index (κ3) is 20.6. The fourth-order valence-electron chi connectivity index (χ4n) is 14.3. The van der Waals surface area contributed by atoms with E-state index >= 15 is 0 Å². The van der Waals surface area contributed by atoms with Crippen LogP contribution < -0.4 is 80.8 Å². The Labute approximate surface area is 639 Å². The zero-order chi connectivity index (χ0) is 76.6. The highest BCUT2D eigenvalue weighted by atomic mass is 16.3. The fourth-order valence-corrected chi connectivity index (χ4v) is 14.3. The lowest BCUT2D eigenvalue weighted by molar-refractivity contribution is -0.116. The van der Waals surface area contributed by atoms with Crippen molar-refractivity contribution in [2.45, 2.75) is 111 Å². The Bertz CT molecular complexity index is 5140. The number of allylic oxidation sites excluding steroid dienone is 1. The second-order valence-corrected chi connectivity index (χ2v) is 28.5. The van der Waals surface area contributed by atoms with Gasteiger partial charge in [0.05, 0.1) is 98.9 Å². The molecule has 1 aliphatic carbocycles. The Morgan fingerprint density at radius 3 is 1.20 bits per heavy atom. The largest absolute Gasteiger partial charge is 0.508 e. The highest BCUT2D eigenvalue weighted by Crippen LogP contribution is 2.28. The number of nitrogens with zero attached hydrogens (tertiary/aromatic N) is 2. The van der Waals surface area contributed by atoms with E-state index in [4.69, 9.17) is 0 Å². The number of aryl methyl sites for hydroxylation is 5. The van der Waals surface area contributed by atoms with E-state index in [0.29, 0.717) is 68.8 Å². The molecule has 18 N–H and O–H groups in total. The molecule has 25 heteroatoms. The normalized spacial score (nSPS) is 18.1. The molecule has 5 fully saturated rings. The Hall–Kier alpha value is -10.8. The molecule has 25 nitrogen and oxygen atoms in total. The lowest BCUT2D eigenvalue weighted by atomic mass is 9.97. The van der Waals surface area contributed by atoms with Crippen molar-refractivity contribution in [3.8, 4) is 5.75 Å². The van der Waals surface area contributed by atoms with Crippen LogP contribution in [-0.4, -0.2) is 87.3 Å². The number of hydrazine groups is 5. The van der Waals surface area contributed by atoms with Crippen LogP contribution in [0.3, 0.4) is 0 Å². The first-order valence-electron chi connectivity index (χ1n) is 37.0. The molecule has 5 aliphatic heterocycles. The molecule has 5 atom stereocenters. The Morgan fingerprint density at radius 1 is 0.382 bits per heavy atom. The Balaban J connectivity index is 0.000000122. The quantitative estimate of drug-likeness (QED) is 0.0335. The summed E-state index contributed by atoms with van der Waals surface area (Å²) in [5, 5.41) is 26.1. The van der Waals surface area contributed by atoms with Gasteiger partial charge in [-0.2, -0.15) is 0 Å². The van der Waals surface area contributed by atoms with Gasteiger partial charge in [-0.3, -0.25) is 50.6 Å². The molecule has 5 saturated heterocycles. The monoisotopic (exact) mass is 1480 g/mol. The summed E-state index contributed by atoms with van der Waals surface area (Å²) in [5.74, 6) is 0.656. The number of H-pyrrole nitrogens is 2. The number of carbonyl (C=O) groups excluding carboxylic acids is 5. The summed E-state index contributed by atoms with van der Waals surface area (Å²) in [5.41, 5.74) is 55.4. The minimum atomic E-state index is 0.00150. The van der Waals surface area contributed by atoms with Crippen molar-refractivity contribution >= 4 is 57.1 Å². The van der Waals surface area contributed by atoms with Crippen LogP contribution in [0, 0.1) is 34.6 Å². The van der Waals surface area contributed by atoms with Gasteiger partial charge in [-0.15, -0.1) is 0 Å². The highest BCUT2D eigenvalue weighted by Gasteiger charge is 2.24. The number of carbonyl (C=O) groups is 5. The fraction of sp³-hybridized carbons (Fsp3) is 0.259. The Morgan fingerprint density at radius 2 is 0.773 bits per heavy atom. The molecule has 0 radical (unpaired) electrons. The van der Waals surface area contributed by atoms with Crippen LogP contribution >= 0.6 is 0 Å². The zero-order valence-electron chi connectivity index (χ0n) is 62.5. The number of imidazole rings is 2. The van der Waals surface area contributed by atoms with Crippen LogP contribution in [-0.2, 0) is 43.3 Å². The molecule has 110 heavy (non-hydrogen) atoms. The zero-order valence-corrected chi connectivity index (χ0v) is 62.5. The number of aromatic hydroxyl groups is 1. The van der Waals surface area contributed by atoms with Crippen molar-refractivity contribution in [3.05, 3.63) is 305 Å². The first-order valence-corrected chi connectivity index (χ1v) is 37.0. The third-order valence-electron chi connectivity index (χ3n) is 19.4. The number of nitrogens with one attached hydrogen (secondary N) is 17. The van der Waals surface area contributed by atoms with Gasteiger partial charge in [0.1, 0.15) is 11.5 Å². The number of fused-ring (bicyclic) bond motifs is 3. The number of hydrogen-bond donors (Lipinski definition) is 18. The van der Waals surface area contributed by atoms with E-state index in [-0.39, 0.29) is 65.5 Å². The smallest absolute Gasteiger partial charge is 0.169 e. The van der Waals surface area contributed by atoms with Crippen molar-refractivity contribution in [1.29, 1.82) is 0 Å². The van der Waals surface area contributed by atoms with Crippen molar-refractivity contribution in [3.63, 3.8) is 0 Å². The number of rotatable bonds is 19. The van der Waals surface area contributed by atoms with Crippen molar-refractivity contribution in [2.24, 2.45) is 0 Å². The molecule has 5 unspecified atom stereocenters. The maximum absolute atomic E-state index is 12.9. The molecular weight excluding hydrogens is 1380 g/mol. The summed E-state index contributed by atoms with van der Waals surface area (Å²) in [6, 6.07) is 55.6. The minimum Gasteiger partial charge on any atom is -0.508 e. The van der Waals surface area contributed by atoms with Gasteiger partial charge in [0.2, 0.25) is 0 Å². The van der Waals surface area contributed by atoms with Crippen LogP contribution in [0.1, 0.15) is 174 Å². The van der Waals surface area contributed by atoms with Crippen LogP contribution in [0.15, 0.2) is 189 Å². The lowest BCUT2D eigenvalue weighted by Crippen LogP contribution is -2.25. The number of aromatic amines is 2. The predicted octanol–water partition coefficient (Wildman–Crippen LogP) is 9.10. The molecule has 6 aliphatic rings. The van der Waals surface area contributed by atoms with E-state index in [9.17, 15) is 29.1 Å². The van der Waals surface area contributed by atoms with Crippen LogP contribution in [0.5, 0.6) is 5.75 Å². The maximum atomic E-state index is 12.9. The van der Waals surface area contributed by atoms with E-state index in [2.05, 4.69) is 187 Å². The van der Waals surface area contributed by atoms with E-state index in [1.165, 1.54) is 28.3 Å². The van der Waals surface area contributed by atoms with E-state index in [0.717, 1.165) is 120 Å². The number of hydrogen-bond acceptors (Lipinski definition) is 23. The molecule has 0 spiro atoms. The molecule has 17 rings (SSSR count). The average molecular weight is 1480 g/mol. The second kappa shape index (κ2) is 36.6. The van der Waals surface area contributed by atoms with Gasteiger partial charge < -0.3 is 15.1 Å². The molecule has 9 aromatic carbocycles. The van der Waals surface area contributed by atoms with Gasteiger partial charge in [0.25, 0.3) is 0 Å². The molecule has 566 valence electrons. The lowest BCUT2D eigenvalue weighted by Gasteiger charge is -2.13. The first-order chi connectivity index (χ1) is 53.4. The number of aromatic nitrogens is 4. The molecular formula is C85H95N19O6. The summed E-state index contributed by atoms with van der Waals surface area (Å²) < 4.78 is 0. The van der Waals surface area contributed by atoms with Gasteiger partial charge in [-0.25, -0.2) is 64.2 Å². The van der Waals surface area contributed by atoms with E-state index in [1.807, 2.05) is 112 Å². The van der Waals surface area contributed by atoms with Crippen LogP contribution in [0.2, 0.25) is 0 Å². The molecule has 0 amide bonds. The molecule has 11 aromatic rings. The van der Waals surface area contributed by atoms with E-state index in [1.54, 1.807) is 31.7 Å². The number of ketones is 5. The number of phenolic OH excluding ortho intramolecular Hbond substituents is 1. The number of phenols is 1. The van der Waals surface area contributed by atoms with Crippen molar-refractivity contribution in [2.75, 3.05) is 33.3 Å². The number of benzene rings is 9. The van der Waals surface area contributed by atoms with Gasteiger partial charge in [-0.1, -0.05) is 145 Å². The minimum absolute atomic E-state index is 0.00150. The van der Waals surface area contributed by atoms with Crippen LogP contribution in [0.25, 0.3) is 28.1 Å². The number of Topliss-reactive ketones (excluding diaryl/α,β-unsaturated/α-hetero) is 5. The maximum Gasteiger partial charge on any atom is 0.169 e. The van der Waals surface area contributed by atoms with Crippen molar-refractivity contribution in [1.82, 2.24) is 101 Å². The molecule has 0 saturated carbocycles. The van der Waals surface area contributed by atoms with Crippen molar-refractivity contribution < 1.29 is 29.1 Å². The average Bonchev–Trinajstić information content (AvgIpc) is 1.58. The molecule has 0 bridgehead atoms. The second-order valence-electron chi connectivity index (χ2n) is 28.5. The summed E-state index contributed by atoms with van der Waals surface area (Å²) in [6.07, 6.45) is 10.8. The molecule has 7 heterocycles. The standard InChI is InChI=1S/C19H21N5O.C19H19N3O.C18H19N5O.C17H19N3O2.C12H17N3O/c1-11-3-13(7-14(4-11)19-22-10-23-24-19)8-17(25)15-5-12(2)6-16-18(15)21-9-20-16;23-18(16-8-7-14-4-2-5-15(14)11-16)10-13-3-1-6-17(9-13)19-20-12-21-22-19;1-11-5-14(17-15(6-11)19-9-20-17)16(24)8-12-3-2-4-13(7-12)18-21-10-22-23-18;1-11-5-14(9-15(21)6-11)16(22)8-12-3-2-4-13(7-12)17-18-10-19-20-17;1-8-3-10(5-9(2)16)6-11(4-8)12-13-7-14-15-12/h3-7,9,19,22-24H,8,10H2,1-2H3,(H,20,21);1-3,5-9,11,19-22H,4,10,12H2;2-7,9,18,21-23H,8,10H2,1H3,(H,19,20);2-7,9,17-21H,8,10H2,1H3;3-4,6,12-15H,5,7H2,1-2H3. The summed E-state index contributed by atoms with van der Waals surface area (Å²) >= 11 is 0. The Kier molecular flexibility index (Phi) is 25.8. The topological polar surface area (TPSA) is 343 Å². The SMILES string of the molecule is CC(=O)Cc1cc(C)cc(C2NCNN2)c1.Cc1cc(C(=O)Cc2cccc(C3NCNN3)c2)c2nc[nH]c2c1.Cc1cc(CC(=O)c2cc(C)cc3[nH]cnc23)cc(C2NCNN2)c1.Cc1cc(O)cc(C(=O)Cc2cccc(C3NCNN3)c2)c1.O=C(Cc1cccc(C2NCNN2)c1)c1ccc2c(c1)C=CC2. The third-order valence-corrected chi connectivity index (χ3v) is 19.4. The van der Waals surface area contributed by atoms with Gasteiger partial charge in [0.15, 0.2) is 23.1 Å². The van der Waals surface area contributed by atoms with Gasteiger partial charge in [-0.05, 0) is 180 Å². The predicted molar refractivity (Wildman–Crippen MR) is 427 cm³/mol. The molecule has 2 aromatic heterocycles. The van der Waals surface area contributed by atoms with Crippen LogP contribution in [0.4, 0.5) is 0 Å². The summed E-state index contributed by atoms with van der Waals surface area (Å²) in [4.78, 5) is 76.6. The summed E-state index contributed by atoms with van der Waals surface area (Å²) in [6.45, 7) is 15.2. The van der Waals surface area contributed by atoms with E-state index < -0.39 is 0 Å². The first kappa shape index (κ1) is 77.4. The van der Waals surface area contributed by atoms with Gasteiger partial charge in [0, 0.05) is 54.4 Å². The highest BCUT2D eigenvalue weighted by molar-refractivity contribution is 6.08.